The molecule has 0 amide bonds. The summed E-state index contributed by atoms with van der Waals surface area (Å²) in [5.74, 6) is 0.444. The van der Waals surface area contributed by atoms with E-state index in [0.29, 0.717) is 18.2 Å². The van der Waals surface area contributed by atoms with E-state index in [1.165, 1.54) is 5.56 Å². The van der Waals surface area contributed by atoms with Crippen LogP contribution in [0.25, 0.3) is 0 Å². The van der Waals surface area contributed by atoms with Crippen molar-refractivity contribution < 1.29 is 20.1 Å². The van der Waals surface area contributed by atoms with Crippen LogP contribution in [0.1, 0.15) is 63.5 Å². The first-order valence-corrected chi connectivity index (χ1v) is 12.1. The molecular weight excluding hydrogens is 426 g/mol. The van der Waals surface area contributed by atoms with E-state index in [-0.39, 0.29) is 34.9 Å². The lowest BCUT2D eigenvalue weighted by Crippen LogP contribution is -2.80. The molecule has 176 valence electrons. The number of phenols is 1. The summed E-state index contributed by atoms with van der Waals surface area (Å²) in [7, 11) is 2.21. The number of likely N-dealkylation sites (tertiary alicyclic amines) is 1. The summed E-state index contributed by atoms with van der Waals surface area (Å²) in [5.41, 5.74) is -0.400. The Balaban J connectivity index is 0.00000216. The zero-order valence-electron chi connectivity index (χ0n) is 19.3. The molecule has 1 saturated carbocycles. The highest BCUT2D eigenvalue weighted by molar-refractivity contribution is 5.85. The molecule has 2 aliphatic heterocycles. The molecule has 4 aliphatic carbocycles. The molecule has 1 aromatic rings. The molecule has 6 heteroatoms. The summed E-state index contributed by atoms with van der Waals surface area (Å²) in [6, 6.07) is 4.09. The Kier molecular flexibility index (Phi) is 4.84. The molecule has 5 nitrogen and oxygen atoms in total. The third kappa shape index (κ3) is 2.36. The first-order chi connectivity index (χ1) is 14.7. The lowest BCUT2D eigenvalue weighted by atomic mass is 9.36. The number of benzene rings is 1. The van der Waals surface area contributed by atoms with Crippen LogP contribution in [0.3, 0.4) is 0 Å². The van der Waals surface area contributed by atoms with Gasteiger partial charge in [0.2, 0.25) is 0 Å². The molecule has 1 aromatic carbocycles. The highest BCUT2D eigenvalue weighted by Gasteiger charge is 2.79. The van der Waals surface area contributed by atoms with Crippen LogP contribution in [0, 0.1) is 11.3 Å². The van der Waals surface area contributed by atoms with Crippen LogP contribution in [0.2, 0.25) is 0 Å². The van der Waals surface area contributed by atoms with Gasteiger partial charge in [-0.15, -0.1) is 12.4 Å². The van der Waals surface area contributed by atoms with Crippen molar-refractivity contribution in [3.8, 4) is 11.5 Å². The summed E-state index contributed by atoms with van der Waals surface area (Å²) in [5, 5.41) is 34.6. The maximum atomic E-state index is 12.2. The number of rotatable bonds is 5. The number of aliphatic hydroxyl groups is 2. The molecule has 1 saturated heterocycles. The number of halogens is 1. The van der Waals surface area contributed by atoms with Gasteiger partial charge in [-0.1, -0.05) is 44.4 Å². The van der Waals surface area contributed by atoms with Crippen LogP contribution >= 0.6 is 12.4 Å². The molecule has 2 spiro atoms. The van der Waals surface area contributed by atoms with Gasteiger partial charge in [0.05, 0.1) is 11.0 Å². The predicted octanol–water partition coefficient (Wildman–Crippen LogP) is 3.71. The van der Waals surface area contributed by atoms with E-state index >= 15 is 0 Å². The van der Waals surface area contributed by atoms with E-state index in [0.717, 1.165) is 50.6 Å². The fourth-order valence-electron chi connectivity index (χ4n) is 8.38. The Bertz CT molecular complexity index is 979. The van der Waals surface area contributed by atoms with Crippen molar-refractivity contribution in [1.82, 2.24) is 4.90 Å². The summed E-state index contributed by atoms with van der Waals surface area (Å²) in [6.07, 6.45) is 10.1. The Morgan fingerprint density at radius 2 is 2.03 bits per heavy atom. The zero-order chi connectivity index (χ0) is 21.8. The van der Waals surface area contributed by atoms with Gasteiger partial charge >= 0.3 is 0 Å². The van der Waals surface area contributed by atoms with Crippen molar-refractivity contribution in [3.63, 3.8) is 0 Å². The molecular formula is C26H36ClNO4. The zero-order valence-corrected chi connectivity index (χ0v) is 20.1. The highest BCUT2D eigenvalue weighted by atomic mass is 35.5. The minimum absolute atomic E-state index is 0. The van der Waals surface area contributed by atoms with E-state index in [9.17, 15) is 15.3 Å². The number of hydrogen-bond donors (Lipinski definition) is 3. The number of nitrogens with zero attached hydrogens (tertiary/aromatic N) is 1. The molecule has 6 aliphatic rings. The standard InChI is InChI=1S/C26H35NO4.ClH/c1-4-5-6-9-23(2,29)18-15-24-10-11-26(18,30)22-25(24)12-13-27(3)19(24)14-16-7-8-17(28)21(31-22)20(16)25;/h7-8,10-11,18-19,22,28-30H,4-6,9,12-15H2,1-3H3;1H/t18?,19-,22-,23?,24?,25+,26+;/m1./s1. The molecule has 3 N–H and O–H groups in total. The van der Waals surface area contributed by atoms with Crippen molar-refractivity contribution in [3.05, 3.63) is 35.4 Å². The van der Waals surface area contributed by atoms with E-state index in [1.54, 1.807) is 6.07 Å². The molecule has 0 aromatic heterocycles. The van der Waals surface area contributed by atoms with Crippen molar-refractivity contribution in [2.45, 2.75) is 87.6 Å². The molecule has 32 heavy (non-hydrogen) atoms. The minimum atomic E-state index is -1.25. The summed E-state index contributed by atoms with van der Waals surface area (Å²) >= 11 is 0. The first-order valence-electron chi connectivity index (χ1n) is 12.1. The maximum Gasteiger partial charge on any atom is 0.165 e. The summed E-state index contributed by atoms with van der Waals surface area (Å²) in [4.78, 5) is 2.47. The highest BCUT2D eigenvalue weighted by Crippen LogP contribution is 2.74. The Morgan fingerprint density at radius 3 is 2.78 bits per heavy atom. The predicted molar refractivity (Wildman–Crippen MR) is 126 cm³/mol. The lowest BCUT2D eigenvalue weighted by Gasteiger charge is -2.71. The van der Waals surface area contributed by atoms with Gasteiger partial charge in [-0.25, -0.2) is 0 Å². The summed E-state index contributed by atoms with van der Waals surface area (Å²) < 4.78 is 6.55. The number of piperidine rings is 1. The van der Waals surface area contributed by atoms with Crippen molar-refractivity contribution in [2.75, 3.05) is 13.6 Å². The van der Waals surface area contributed by atoms with Gasteiger partial charge in [-0.3, -0.25) is 0 Å². The van der Waals surface area contributed by atoms with Crippen LogP contribution in [0.15, 0.2) is 24.3 Å². The van der Waals surface area contributed by atoms with Crippen LogP contribution in [0.5, 0.6) is 11.5 Å². The normalized spacial score (nSPS) is 42.1. The average molecular weight is 462 g/mol. The van der Waals surface area contributed by atoms with E-state index in [4.69, 9.17) is 4.74 Å². The number of phenolic OH excluding ortho intramolecular Hbond substituents is 1. The third-order valence-corrected chi connectivity index (χ3v) is 9.79. The lowest BCUT2D eigenvalue weighted by molar-refractivity contribution is -0.238. The summed E-state index contributed by atoms with van der Waals surface area (Å²) in [6.45, 7) is 5.03. The molecule has 4 bridgehead atoms. The van der Waals surface area contributed by atoms with Gasteiger partial charge in [0.1, 0.15) is 11.7 Å². The van der Waals surface area contributed by atoms with Crippen LogP contribution < -0.4 is 4.74 Å². The number of unbranched alkanes of at least 4 members (excludes halogenated alkanes) is 2. The molecule has 3 unspecified atom stereocenters. The number of fused-ring (bicyclic) bond motifs is 1. The Morgan fingerprint density at radius 1 is 1.25 bits per heavy atom. The largest absolute Gasteiger partial charge is 0.504 e. The van der Waals surface area contributed by atoms with Crippen molar-refractivity contribution in [1.29, 1.82) is 0 Å². The smallest absolute Gasteiger partial charge is 0.165 e. The van der Waals surface area contributed by atoms with Crippen molar-refractivity contribution in [2.24, 2.45) is 11.3 Å². The minimum Gasteiger partial charge on any atom is -0.504 e. The van der Waals surface area contributed by atoms with Gasteiger partial charge in [0, 0.05) is 22.9 Å². The van der Waals surface area contributed by atoms with Crippen LogP contribution in [-0.4, -0.2) is 57.2 Å². The Hall–Kier alpha value is -1.27. The van der Waals surface area contributed by atoms with Crippen LogP contribution in [-0.2, 0) is 11.8 Å². The topological polar surface area (TPSA) is 73.2 Å². The average Bonchev–Trinajstić information content (AvgIpc) is 3.10. The van der Waals surface area contributed by atoms with Gasteiger partial charge in [-0.2, -0.15) is 0 Å². The maximum absolute atomic E-state index is 12.2. The fourth-order valence-corrected chi connectivity index (χ4v) is 8.38. The molecule has 2 fully saturated rings. The van der Waals surface area contributed by atoms with Gasteiger partial charge in [0.15, 0.2) is 11.5 Å². The van der Waals surface area contributed by atoms with Crippen LogP contribution in [0.4, 0.5) is 0 Å². The van der Waals surface area contributed by atoms with Crippen molar-refractivity contribution >= 4 is 12.4 Å². The number of aromatic hydroxyl groups is 1. The number of likely N-dealkylation sites (N-methyl/N-ethyl adjacent to an activating group) is 1. The second-order valence-electron chi connectivity index (χ2n) is 11.2. The number of ether oxygens (including phenoxy) is 1. The molecule has 0 radical (unpaired) electrons. The number of hydrogen-bond acceptors (Lipinski definition) is 5. The van der Waals surface area contributed by atoms with Gasteiger partial charge in [0.25, 0.3) is 0 Å². The quantitative estimate of drug-likeness (QED) is 0.460. The molecule has 7 atom stereocenters. The molecule has 7 rings (SSSR count). The van der Waals surface area contributed by atoms with E-state index in [1.807, 2.05) is 13.0 Å². The first kappa shape index (κ1) is 22.5. The third-order valence-electron chi connectivity index (χ3n) is 9.79. The van der Waals surface area contributed by atoms with Gasteiger partial charge in [-0.05, 0) is 57.8 Å². The second kappa shape index (κ2) is 6.88. The fraction of sp³-hybridized carbons (Fsp3) is 0.692. The SMILES string of the molecule is CCCCCC(C)(O)C1CC23C=C[C@@]1(O)[C@@H]1Oc4c(O)ccc5c4[C@@]12CCN(C)[C@@H]3C5.Cl. The van der Waals surface area contributed by atoms with E-state index in [2.05, 4.69) is 31.0 Å². The van der Waals surface area contributed by atoms with E-state index < -0.39 is 17.3 Å². The monoisotopic (exact) mass is 461 g/mol. The molecule has 2 heterocycles. The Labute approximate surface area is 196 Å². The second-order valence-corrected chi connectivity index (χ2v) is 11.2. The van der Waals surface area contributed by atoms with Gasteiger partial charge < -0.3 is 25.0 Å².